The van der Waals surface area contributed by atoms with Crippen molar-refractivity contribution in [1.82, 2.24) is 4.98 Å². The van der Waals surface area contributed by atoms with Gasteiger partial charge in [0, 0.05) is 10.4 Å². The van der Waals surface area contributed by atoms with Crippen LogP contribution in [0.5, 0.6) is 0 Å². The molecule has 1 aliphatic carbocycles. The fourth-order valence-corrected chi connectivity index (χ4v) is 4.03. The number of allylic oxidation sites excluding steroid dienone is 2. The lowest BCUT2D eigenvalue weighted by atomic mass is 9.82. The van der Waals surface area contributed by atoms with Gasteiger partial charge in [0.1, 0.15) is 0 Å². The summed E-state index contributed by atoms with van der Waals surface area (Å²) < 4.78 is 0. The van der Waals surface area contributed by atoms with Gasteiger partial charge in [-0.3, -0.25) is 9.59 Å². The van der Waals surface area contributed by atoms with Gasteiger partial charge in [-0.2, -0.15) is 0 Å². The van der Waals surface area contributed by atoms with E-state index in [4.69, 9.17) is 0 Å². The first kappa shape index (κ1) is 18.3. The number of carboxylic acid groups (broad SMARTS) is 1. The van der Waals surface area contributed by atoms with Gasteiger partial charge in [0.05, 0.1) is 17.5 Å². The minimum Gasteiger partial charge on any atom is -0.481 e. The van der Waals surface area contributed by atoms with Gasteiger partial charge in [-0.1, -0.05) is 43.3 Å². The minimum atomic E-state index is -0.929. The molecule has 0 bridgehead atoms. The molecule has 6 heteroatoms. The van der Waals surface area contributed by atoms with E-state index >= 15 is 0 Å². The highest BCUT2D eigenvalue weighted by Gasteiger charge is 2.34. The topological polar surface area (TPSA) is 79.3 Å². The lowest BCUT2D eigenvalue weighted by molar-refractivity contribution is -0.146. The first-order chi connectivity index (χ1) is 12.5. The number of carbonyl (C=O) groups is 2. The van der Waals surface area contributed by atoms with Crippen LogP contribution in [0, 0.1) is 18.8 Å². The molecule has 1 amide bonds. The summed E-state index contributed by atoms with van der Waals surface area (Å²) in [4.78, 5) is 29.5. The van der Waals surface area contributed by atoms with Crippen LogP contribution < -0.4 is 5.32 Å². The van der Waals surface area contributed by atoms with Gasteiger partial charge < -0.3 is 10.4 Å². The van der Waals surface area contributed by atoms with Crippen LogP contribution in [0.15, 0.2) is 36.4 Å². The summed E-state index contributed by atoms with van der Waals surface area (Å²) in [5.74, 6) is -2.44. The van der Waals surface area contributed by atoms with Gasteiger partial charge in [0.2, 0.25) is 5.91 Å². The van der Waals surface area contributed by atoms with E-state index < -0.39 is 17.8 Å². The van der Waals surface area contributed by atoms with Crippen molar-refractivity contribution in [2.75, 3.05) is 5.32 Å². The summed E-state index contributed by atoms with van der Waals surface area (Å²) in [6.45, 7) is 4.08. The number of anilines is 1. The quantitative estimate of drug-likeness (QED) is 0.770. The number of nitrogens with one attached hydrogen (secondary N) is 1. The van der Waals surface area contributed by atoms with Crippen molar-refractivity contribution in [1.29, 1.82) is 0 Å². The number of hydrogen-bond acceptors (Lipinski definition) is 4. The van der Waals surface area contributed by atoms with Crippen molar-refractivity contribution in [2.45, 2.75) is 33.1 Å². The van der Waals surface area contributed by atoms with E-state index in [-0.39, 0.29) is 5.91 Å². The zero-order valence-electron chi connectivity index (χ0n) is 14.9. The molecule has 2 N–H and O–H groups in total. The van der Waals surface area contributed by atoms with Crippen LogP contribution in [-0.2, 0) is 16.0 Å². The first-order valence-corrected chi connectivity index (χ1v) is 9.56. The van der Waals surface area contributed by atoms with E-state index in [1.807, 2.05) is 31.2 Å². The smallest absolute Gasteiger partial charge is 0.307 e. The van der Waals surface area contributed by atoms with Crippen molar-refractivity contribution < 1.29 is 14.7 Å². The monoisotopic (exact) mass is 370 g/mol. The summed E-state index contributed by atoms with van der Waals surface area (Å²) in [5.41, 5.74) is 3.13. The molecule has 0 saturated heterocycles. The maximum Gasteiger partial charge on any atom is 0.307 e. The van der Waals surface area contributed by atoms with Gasteiger partial charge in [-0.05, 0) is 31.7 Å². The molecule has 0 aliphatic heterocycles. The third kappa shape index (κ3) is 3.85. The predicted molar refractivity (Wildman–Crippen MR) is 103 cm³/mol. The van der Waals surface area contributed by atoms with Gasteiger partial charge >= 0.3 is 5.97 Å². The van der Waals surface area contributed by atoms with Crippen molar-refractivity contribution in [2.24, 2.45) is 11.8 Å². The highest BCUT2D eigenvalue weighted by Crippen LogP contribution is 2.32. The van der Waals surface area contributed by atoms with Crippen LogP contribution in [0.1, 0.15) is 30.2 Å². The van der Waals surface area contributed by atoms with Crippen molar-refractivity contribution >= 4 is 28.3 Å². The normalized spacial score (nSPS) is 19.3. The second-order valence-corrected chi connectivity index (χ2v) is 7.66. The van der Waals surface area contributed by atoms with E-state index in [9.17, 15) is 14.7 Å². The first-order valence-electron chi connectivity index (χ1n) is 8.75. The molecule has 1 heterocycles. The standard InChI is InChI=1S/C20H22N2O3S/c1-3-13-8-10-14(11-9-13)17-12(2)26-20(21-17)22-18(23)15-6-4-5-7-16(15)19(24)25/h4-5,8-11,15-16H,3,6-7H2,1-2H3,(H,24,25)(H,21,22,23). The fourth-order valence-electron chi connectivity index (χ4n) is 3.19. The van der Waals surface area contributed by atoms with Crippen LogP contribution in [0.3, 0.4) is 0 Å². The second kappa shape index (κ2) is 7.83. The predicted octanol–water partition coefficient (Wildman–Crippen LogP) is 4.29. The van der Waals surface area contributed by atoms with Gasteiger partial charge in [-0.25, -0.2) is 4.98 Å². The minimum absolute atomic E-state index is 0.275. The molecule has 1 aliphatic rings. The molecule has 0 radical (unpaired) electrons. The van der Waals surface area contributed by atoms with Crippen molar-refractivity contribution in [3.63, 3.8) is 0 Å². The molecule has 2 aromatic rings. The Morgan fingerprint density at radius 1 is 1.19 bits per heavy atom. The summed E-state index contributed by atoms with van der Waals surface area (Å²) in [7, 11) is 0. The molecule has 0 fully saturated rings. The maximum atomic E-state index is 12.6. The Kier molecular flexibility index (Phi) is 5.52. The van der Waals surface area contributed by atoms with Crippen LogP contribution in [0.25, 0.3) is 11.3 Å². The average Bonchev–Trinajstić information content (AvgIpc) is 3.01. The van der Waals surface area contributed by atoms with E-state index in [0.717, 1.165) is 22.6 Å². The van der Waals surface area contributed by atoms with E-state index in [2.05, 4.69) is 29.4 Å². The average molecular weight is 370 g/mol. The van der Waals surface area contributed by atoms with Crippen molar-refractivity contribution in [3.05, 3.63) is 46.9 Å². The number of thiazole rings is 1. The highest BCUT2D eigenvalue weighted by atomic mass is 32.1. The van der Waals surface area contributed by atoms with Gasteiger partial charge in [-0.15, -0.1) is 11.3 Å². The third-order valence-electron chi connectivity index (χ3n) is 4.75. The number of aromatic nitrogens is 1. The van der Waals surface area contributed by atoms with E-state index in [1.54, 1.807) is 0 Å². The Hall–Kier alpha value is -2.47. The number of rotatable bonds is 5. The number of hydrogen-bond donors (Lipinski definition) is 2. The summed E-state index contributed by atoms with van der Waals surface area (Å²) >= 11 is 1.41. The second-order valence-electron chi connectivity index (χ2n) is 6.46. The molecule has 1 aromatic heterocycles. The fraction of sp³-hybridized carbons (Fsp3) is 0.350. The largest absolute Gasteiger partial charge is 0.481 e. The van der Waals surface area contributed by atoms with Crippen molar-refractivity contribution in [3.8, 4) is 11.3 Å². The lowest BCUT2D eigenvalue weighted by Gasteiger charge is -2.23. The maximum absolute atomic E-state index is 12.6. The van der Waals surface area contributed by atoms with Crippen LogP contribution in [-0.4, -0.2) is 22.0 Å². The Bertz CT molecular complexity index is 839. The zero-order chi connectivity index (χ0) is 18.7. The Labute approximate surface area is 156 Å². The summed E-state index contributed by atoms with van der Waals surface area (Å²) in [6, 6.07) is 8.24. The SMILES string of the molecule is CCc1ccc(-c2nc(NC(=O)C3CC=CCC3C(=O)O)sc2C)cc1. The van der Waals surface area contributed by atoms with Gasteiger partial charge in [0.15, 0.2) is 5.13 Å². The Morgan fingerprint density at radius 3 is 2.46 bits per heavy atom. The summed E-state index contributed by atoms with van der Waals surface area (Å²) in [6.07, 6.45) is 5.52. The molecule has 1 aromatic carbocycles. The molecule has 2 unspecified atom stereocenters. The third-order valence-corrected chi connectivity index (χ3v) is 5.63. The van der Waals surface area contributed by atoms with Crippen LogP contribution >= 0.6 is 11.3 Å². The zero-order valence-corrected chi connectivity index (χ0v) is 15.7. The molecular weight excluding hydrogens is 348 g/mol. The number of aryl methyl sites for hydroxylation is 2. The molecule has 26 heavy (non-hydrogen) atoms. The number of carboxylic acids is 1. The van der Waals surface area contributed by atoms with E-state index in [1.165, 1.54) is 16.9 Å². The molecule has 2 atom stereocenters. The van der Waals surface area contributed by atoms with E-state index in [0.29, 0.717) is 18.0 Å². The molecule has 5 nitrogen and oxygen atoms in total. The molecule has 3 rings (SSSR count). The number of carbonyl (C=O) groups excluding carboxylic acids is 1. The molecule has 0 saturated carbocycles. The van der Waals surface area contributed by atoms with Crippen LogP contribution in [0.4, 0.5) is 5.13 Å². The lowest BCUT2D eigenvalue weighted by Crippen LogP contribution is -2.34. The number of aliphatic carboxylic acids is 1. The number of nitrogens with zero attached hydrogens (tertiary/aromatic N) is 1. The Balaban J connectivity index is 1.77. The summed E-state index contributed by atoms with van der Waals surface area (Å²) in [5, 5.41) is 12.7. The Morgan fingerprint density at radius 2 is 1.85 bits per heavy atom. The number of benzene rings is 1. The molecular formula is C20H22N2O3S. The van der Waals surface area contributed by atoms with Crippen LogP contribution in [0.2, 0.25) is 0 Å². The van der Waals surface area contributed by atoms with Gasteiger partial charge in [0.25, 0.3) is 0 Å². The number of amides is 1. The highest BCUT2D eigenvalue weighted by molar-refractivity contribution is 7.16. The molecule has 0 spiro atoms. The molecule has 136 valence electrons.